The lowest BCUT2D eigenvalue weighted by Gasteiger charge is -2.35. The average molecular weight is 358 g/mol. The molecule has 132 valence electrons. The van der Waals surface area contributed by atoms with Gasteiger partial charge in [-0.2, -0.15) is 0 Å². The summed E-state index contributed by atoms with van der Waals surface area (Å²) in [6.07, 6.45) is 4.20. The molecule has 0 spiro atoms. The Labute approximate surface area is 154 Å². The van der Waals surface area contributed by atoms with Gasteiger partial charge in [0.1, 0.15) is 0 Å². The molecule has 0 atom stereocenters. The molecule has 1 amide bonds. The van der Waals surface area contributed by atoms with Gasteiger partial charge in [-0.15, -0.1) is 0 Å². The summed E-state index contributed by atoms with van der Waals surface area (Å²) in [5.74, 6) is 0.607. The standard InChI is InChI=1S/C21H24ClNO2/c1-23(21(25)18-6-10-19(22)11-7-18)20-12-8-17(9-13-20)16-4-2-15(14-24)3-5-16/h2-7,10-11,17,20,24H,8-9,12-14H2,1H3/t17-,20-. The van der Waals surface area contributed by atoms with Gasteiger partial charge in [0.25, 0.3) is 5.91 Å². The lowest BCUT2D eigenvalue weighted by molar-refractivity contribution is 0.0689. The van der Waals surface area contributed by atoms with E-state index < -0.39 is 0 Å². The number of aliphatic hydroxyl groups excluding tert-OH is 1. The van der Waals surface area contributed by atoms with Crippen molar-refractivity contribution in [3.8, 4) is 0 Å². The Balaban J connectivity index is 1.59. The summed E-state index contributed by atoms with van der Waals surface area (Å²) in [5.41, 5.74) is 2.97. The van der Waals surface area contributed by atoms with E-state index in [-0.39, 0.29) is 18.6 Å². The molecular weight excluding hydrogens is 334 g/mol. The third-order valence-electron chi connectivity index (χ3n) is 5.29. The molecule has 0 saturated heterocycles. The van der Waals surface area contributed by atoms with Crippen LogP contribution in [0.25, 0.3) is 0 Å². The molecule has 1 N–H and O–H groups in total. The zero-order chi connectivity index (χ0) is 17.8. The number of hydrogen-bond acceptors (Lipinski definition) is 2. The van der Waals surface area contributed by atoms with E-state index >= 15 is 0 Å². The molecule has 2 aromatic carbocycles. The average Bonchev–Trinajstić information content (AvgIpc) is 2.67. The quantitative estimate of drug-likeness (QED) is 0.866. The van der Waals surface area contributed by atoms with Crippen LogP contribution < -0.4 is 0 Å². The van der Waals surface area contributed by atoms with Crippen LogP contribution in [0.2, 0.25) is 5.02 Å². The van der Waals surface area contributed by atoms with E-state index in [4.69, 9.17) is 16.7 Å². The first kappa shape index (κ1) is 18.0. The first-order valence-electron chi connectivity index (χ1n) is 8.81. The van der Waals surface area contributed by atoms with Crippen molar-refractivity contribution in [1.82, 2.24) is 4.90 Å². The predicted molar refractivity (Wildman–Crippen MR) is 101 cm³/mol. The SMILES string of the molecule is CN(C(=O)c1ccc(Cl)cc1)[C@H]1CC[C@H](c2ccc(CO)cc2)CC1. The van der Waals surface area contributed by atoms with Crippen LogP contribution in [-0.4, -0.2) is 29.0 Å². The molecule has 0 aromatic heterocycles. The van der Waals surface area contributed by atoms with Crippen molar-refractivity contribution in [3.63, 3.8) is 0 Å². The van der Waals surface area contributed by atoms with E-state index in [0.29, 0.717) is 16.5 Å². The minimum Gasteiger partial charge on any atom is -0.392 e. The number of nitrogens with zero attached hydrogens (tertiary/aromatic N) is 1. The van der Waals surface area contributed by atoms with Gasteiger partial charge < -0.3 is 10.0 Å². The van der Waals surface area contributed by atoms with E-state index in [1.54, 1.807) is 24.3 Å². The maximum absolute atomic E-state index is 12.6. The van der Waals surface area contributed by atoms with Crippen LogP contribution in [0, 0.1) is 0 Å². The highest BCUT2D eigenvalue weighted by atomic mass is 35.5. The van der Waals surface area contributed by atoms with E-state index in [9.17, 15) is 4.79 Å². The van der Waals surface area contributed by atoms with Gasteiger partial charge in [-0.3, -0.25) is 4.79 Å². The van der Waals surface area contributed by atoms with Gasteiger partial charge in [0.15, 0.2) is 0 Å². The van der Waals surface area contributed by atoms with Crippen molar-refractivity contribution in [3.05, 3.63) is 70.2 Å². The van der Waals surface area contributed by atoms with Crippen molar-refractivity contribution < 1.29 is 9.90 Å². The van der Waals surface area contributed by atoms with Crippen LogP contribution in [0.5, 0.6) is 0 Å². The minimum absolute atomic E-state index is 0.0624. The maximum Gasteiger partial charge on any atom is 0.253 e. The normalized spacial score (nSPS) is 20.3. The Hall–Kier alpha value is -1.84. The predicted octanol–water partition coefficient (Wildman–Crippen LogP) is 4.63. The largest absolute Gasteiger partial charge is 0.392 e. The summed E-state index contributed by atoms with van der Waals surface area (Å²) in [6.45, 7) is 0.0879. The second kappa shape index (κ2) is 8.03. The molecule has 4 heteroatoms. The van der Waals surface area contributed by atoms with Gasteiger partial charge in [-0.05, 0) is 67.0 Å². The van der Waals surface area contributed by atoms with Crippen molar-refractivity contribution >= 4 is 17.5 Å². The fraction of sp³-hybridized carbons (Fsp3) is 0.381. The first-order chi connectivity index (χ1) is 12.1. The number of carbonyl (C=O) groups is 1. The van der Waals surface area contributed by atoms with Crippen LogP contribution in [0.3, 0.4) is 0 Å². The smallest absolute Gasteiger partial charge is 0.253 e. The molecule has 0 aliphatic heterocycles. The Morgan fingerprint density at radius 2 is 1.64 bits per heavy atom. The number of aliphatic hydroxyl groups is 1. The van der Waals surface area contributed by atoms with Crippen molar-refractivity contribution in [2.24, 2.45) is 0 Å². The molecule has 3 nitrogen and oxygen atoms in total. The van der Waals surface area contributed by atoms with Gasteiger partial charge in [0, 0.05) is 23.7 Å². The molecule has 3 rings (SSSR count). The highest BCUT2D eigenvalue weighted by Crippen LogP contribution is 2.35. The number of benzene rings is 2. The summed E-state index contributed by atoms with van der Waals surface area (Å²) in [5, 5.41) is 9.80. The van der Waals surface area contributed by atoms with Crippen molar-refractivity contribution in [1.29, 1.82) is 0 Å². The van der Waals surface area contributed by atoms with Crippen LogP contribution in [0.15, 0.2) is 48.5 Å². The van der Waals surface area contributed by atoms with Gasteiger partial charge in [0.05, 0.1) is 6.61 Å². The Morgan fingerprint density at radius 1 is 1.04 bits per heavy atom. The zero-order valence-corrected chi connectivity index (χ0v) is 15.2. The van der Waals surface area contributed by atoms with Gasteiger partial charge in [0.2, 0.25) is 0 Å². The molecule has 1 aliphatic rings. The molecular formula is C21H24ClNO2. The van der Waals surface area contributed by atoms with Crippen LogP contribution in [0.4, 0.5) is 0 Å². The van der Waals surface area contributed by atoms with E-state index in [1.807, 2.05) is 24.1 Å². The van der Waals surface area contributed by atoms with Crippen LogP contribution >= 0.6 is 11.6 Å². The summed E-state index contributed by atoms with van der Waals surface area (Å²) < 4.78 is 0. The second-order valence-electron chi connectivity index (χ2n) is 6.83. The van der Waals surface area contributed by atoms with E-state index in [2.05, 4.69) is 12.1 Å². The minimum atomic E-state index is 0.0624. The molecule has 25 heavy (non-hydrogen) atoms. The highest BCUT2D eigenvalue weighted by Gasteiger charge is 2.27. The highest BCUT2D eigenvalue weighted by molar-refractivity contribution is 6.30. The number of hydrogen-bond donors (Lipinski definition) is 1. The Kier molecular flexibility index (Phi) is 5.77. The summed E-state index contributed by atoms with van der Waals surface area (Å²) in [7, 11) is 1.90. The lowest BCUT2D eigenvalue weighted by atomic mass is 9.81. The summed E-state index contributed by atoms with van der Waals surface area (Å²) >= 11 is 5.90. The molecule has 0 radical (unpaired) electrons. The van der Waals surface area contributed by atoms with Gasteiger partial charge in [-0.1, -0.05) is 35.9 Å². The first-order valence-corrected chi connectivity index (χ1v) is 9.18. The molecule has 1 fully saturated rings. The number of halogens is 1. The van der Waals surface area contributed by atoms with Gasteiger partial charge >= 0.3 is 0 Å². The molecule has 0 unspecified atom stereocenters. The van der Waals surface area contributed by atoms with Crippen molar-refractivity contribution in [2.75, 3.05) is 7.05 Å². The third-order valence-corrected chi connectivity index (χ3v) is 5.54. The summed E-state index contributed by atoms with van der Waals surface area (Å²) in [6, 6.07) is 15.6. The van der Waals surface area contributed by atoms with E-state index in [1.165, 1.54) is 5.56 Å². The Morgan fingerprint density at radius 3 is 2.20 bits per heavy atom. The fourth-order valence-electron chi connectivity index (χ4n) is 3.65. The number of rotatable bonds is 4. The fourth-order valence-corrected chi connectivity index (χ4v) is 3.78. The number of amides is 1. The second-order valence-corrected chi connectivity index (χ2v) is 7.26. The Bertz CT molecular complexity index is 704. The zero-order valence-electron chi connectivity index (χ0n) is 14.5. The lowest BCUT2D eigenvalue weighted by Crippen LogP contribution is -2.39. The third kappa shape index (κ3) is 4.23. The van der Waals surface area contributed by atoms with E-state index in [0.717, 1.165) is 31.2 Å². The molecule has 0 heterocycles. The topological polar surface area (TPSA) is 40.5 Å². The van der Waals surface area contributed by atoms with Crippen LogP contribution in [-0.2, 0) is 6.61 Å². The van der Waals surface area contributed by atoms with Gasteiger partial charge in [-0.25, -0.2) is 0 Å². The molecule has 0 bridgehead atoms. The molecule has 1 saturated carbocycles. The molecule has 2 aromatic rings. The van der Waals surface area contributed by atoms with Crippen molar-refractivity contribution in [2.45, 2.75) is 44.2 Å². The maximum atomic E-state index is 12.6. The monoisotopic (exact) mass is 357 g/mol. The summed E-state index contributed by atoms with van der Waals surface area (Å²) in [4.78, 5) is 14.5. The van der Waals surface area contributed by atoms with Crippen LogP contribution in [0.1, 0.15) is 53.1 Å². The number of carbonyl (C=O) groups excluding carboxylic acids is 1. The molecule has 1 aliphatic carbocycles.